The smallest absolute Gasteiger partial charge is 0.235 e. The molecule has 12 aromatic rings. The van der Waals surface area contributed by atoms with E-state index in [2.05, 4.69) is 191 Å². The van der Waals surface area contributed by atoms with Gasteiger partial charge in [0.15, 0.2) is 0 Å². The molecule has 276 valence electrons. The number of nitrogens with zero attached hydrogens (tertiary/aromatic N) is 5. The van der Waals surface area contributed by atoms with Gasteiger partial charge in [-0.25, -0.2) is 15.0 Å². The van der Waals surface area contributed by atoms with E-state index in [4.69, 9.17) is 15.0 Å². The van der Waals surface area contributed by atoms with E-state index in [0.29, 0.717) is 5.95 Å². The van der Waals surface area contributed by atoms with E-state index in [1.165, 1.54) is 21.0 Å². The fourth-order valence-electron chi connectivity index (χ4n) is 8.60. The van der Waals surface area contributed by atoms with Crippen molar-refractivity contribution in [2.75, 3.05) is 0 Å². The predicted molar refractivity (Wildman–Crippen MR) is 246 cm³/mol. The first-order valence-corrected chi connectivity index (χ1v) is 20.6. The van der Waals surface area contributed by atoms with Gasteiger partial charge < -0.3 is 4.57 Å². The first kappa shape index (κ1) is 33.5. The van der Waals surface area contributed by atoms with Crippen molar-refractivity contribution < 1.29 is 0 Å². The maximum absolute atomic E-state index is 5.23. The second kappa shape index (κ2) is 13.5. The summed E-state index contributed by atoms with van der Waals surface area (Å²) >= 11 is 1.75. The van der Waals surface area contributed by atoms with Crippen LogP contribution in [-0.4, -0.2) is 24.1 Å². The highest BCUT2D eigenvalue weighted by Gasteiger charge is 2.20. The molecule has 0 saturated carbocycles. The van der Waals surface area contributed by atoms with Gasteiger partial charge in [0.2, 0.25) is 5.95 Å². The second-order valence-electron chi connectivity index (χ2n) is 14.9. The van der Waals surface area contributed by atoms with E-state index in [1.54, 1.807) is 11.3 Å². The second-order valence-corrected chi connectivity index (χ2v) is 15.9. The molecular weight excluding hydrogens is 739 g/mol. The highest BCUT2D eigenvalue weighted by molar-refractivity contribution is 7.21. The molecule has 0 amide bonds. The zero-order valence-corrected chi connectivity index (χ0v) is 32.5. The van der Waals surface area contributed by atoms with Crippen LogP contribution < -0.4 is 0 Å². The van der Waals surface area contributed by atoms with Crippen molar-refractivity contribution in [1.29, 1.82) is 0 Å². The summed E-state index contributed by atoms with van der Waals surface area (Å²) in [6.07, 6.45) is 0. The van der Waals surface area contributed by atoms with E-state index >= 15 is 0 Å². The van der Waals surface area contributed by atoms with E-state index in [-0.39, 0.29) is 0 Å². The molecule has 4 heterocycles. The molecule has 0 aliphatic carbocycles. The predicted octanol–water partition coefficient (Wildman–Crippen LogP) is 13.9. The first-order chi connectivity index (χ1) is 29.2. The largest absolute Gasteiger partial charge is 0.309 e. The molecule has 0 aliphatic rings. The highest BCUT2D eigenvalue weighted by Crippen LogP contribution is 2.41. The lowest BCUT2D eigenvalue weighted by Gasteiger charge is -2.12. The maximum atomic E-state index is 5.23. The quantitative estimate of drug-likeness (QED) is 0.169. The molecule has 0 spiro atoms. The van der Waals surface area contributed by atoms with Crippen LogP contribution in [0.1, 0.15) is 0 Å². The number of thiazole rings is 1. The Hall–Kier alpha value is -7.67. The lowest BCUT2D eigenvalue weighted by atomic mass is 10.0. The van der Waals surface area contributed by atoms with Crippen molar-refractivity contribution in [3.8, 4) is 55.8 Å². The third kappa shape index (κ3) is 5.57. The Morgan fingerprint density at radius 2 is 0.847 bits per heavy atom. The van der Waals surface area contributed by atoms with Crippen LogP contribution in [0.4, 0.5) is 0 Å². The van der Waals surface area contributed by atoms with Crippen LogP contribution in [0.2, 0.25) is 0 Å². The molecule has 0 saturated heterocycles. The Labute approximate surface area is 343 Å². The SMILES string of the molecule is c1ccc(-c2cc(-c3ccccc3)nc(-n3c4ccccc4c4cc(-c5ccc6c(c5)c5cc7sc(-c8ccccc8)nc7cc5n6-c5ccccc5)ccc43)n2)cc1. The van der Waals surface area contributed by atoms with Crippen molar-refractivity contribution in [3.05, 3.63) is 200 Å². The van der Waals surface area contributed by atoms with Gasteiger partial charge in [-0.2, -0.15) is 0 Å². The highest BCUT2D eigenvalue weighted by atomic mass is 32.1. The van der Waals surface area contributed by atoms with Gasteiger partial charge >= 0.3 is 0 Å². The van der Waals surface area contributed by atoms with Crippen LogP contribution in [0.5, 0.6) is 0 Å². The summed E-state index contributed by atoms with van der Waals surface area (Å²) in [5.41, 5.74) is 13.9. The lowest BCUT2D eigenvalue weighted by Crippen LogP contribution is -2.03. The summed E-state index contributed by atoms with van der Waals surface area (Å²) in [5.74, 6) is 0.643. The molecule has 5 nitrogen and oxygen atoms in total. The van der Waals surface area contributed by atoms with E-state index < -0.39 is 0 Å². The summed E-state index contributed by atoms with van der Waals surface area (Å²) in [7, 11) is 0. The molecule has 0 unspecified atom stereocenters. The van der Waals surface area contributed by atoms with Crippen molar-refractivity contribution >= 4 is 65.2 Å². The fourth-order valence-corrected chi connectivity index (χ4v) is 9.59. The lowest BCUT2D eigenvalue weighted by molar-refractivity contribution is 0.995. The number of fused-ring (bicyclic) bond motifs is 7. The topological polar surface area (TPSA) is 48.5 Å². The molecule has 0 aliphatic heterocycles. The van der Waals surface area contributed by atoms with E-state index in [9.17, 15) is 0 Å². The summed E-state index contributed by atoms with van der Waals surface area (Å²) in [6.45, 7) is 0. The number of rotatable bonds is 6. The molecule has 0 bridgehead atoms. The number of aromatic nitrogens is 5. The first-order valence-electron chi connectivity index (χ1n) is 19.8. The summed E-state index contributed by atoms with van der Waals surface area (Å²) in [5, 5.41) is 5.76. The zero-order chi connectivity index (χ0) is 38.9. The summed E-state index contributed by atoms with van der Waals surface area (Å²) in [4.78, 5) is 15.6. The Morgan fingerprint density at radius 1 is 0.339 bits per heavy atom. The van der Waals surface area contributed by atoms with Gasteiger partial charge in [-0.05, 0) is 71.8 Å². The molecular formula is C53H33N5S. The van der Waals surface area contributed by atoms with E-state index in [1.807, 2.05) is 18.2 Å². The van der Waals surface area contributed by atoms with Crippen molar-refractivity contribution in [2.24, 2.45) is 0 Å². The van der Waals surface area contributed by atoms with Gasteiger partial charge in [-0.15, -0.1) is 11.3 Å². The van der Waals surface area contributed by atoms with Gasteiger partial charge in [-0.1, -0.05) is 140 Å². The van der Waals surface area contributed by atoms with Crippen molar-refractivity contribution in [1.82, 2.24) is 24.1 Å². The third-order valence-electron chi connectivity index (χ3n) is 11.4. The van der Waals surface area contributed by atoms with Crippen LogP contribution in [-0.2, 0) is 0 Å². The Morgan fingerprint density at radius 3 is 1.49 bits per heavy atom. The minimum atomic E-state index is 0.643. The fraction of sp³-hybridized carbons (Fsp3) is 0. The Kier molecular flexibility index (Phi) is 7.64. The Bertz CT molecular complexity index is 3480. The van der Waals surface area contributed by atoms with Crippen LogP contribution >= 0.6 is 11.3 Å². The molecule has 4 aromatic heterocycles. The van der Waals surface area contributed by atoms with Crippen LogP contribution in [0, 0.1) is 0 Å². The maximum Gasteiger partial charge on any atom is 0.235 e. The van der Waals surface area contributed by atoms with Crippen LogP contribution in [0.3, 0.4) is 0 Å². The monoisotopic (exact) mass is 771 g/mol. The van der Waals surface area contributed by atoms with Crippen molar-refractivity contribution in [2.45, 2.75) is 0 Å². The minimum absolute atomic E-state index is 0.643. The van der Waals surface area contributed by atoms with Gasteiger partial charge in [0.25, 0.3) is 0 Å². The summed E-state index contributed by atoms with van der Waals surface area (Å²) in [6, 6.07) is 70.8. The normalized spacial score (nSPS) is 11.7. The molecule has 12 rings (SSSR count). The average Bonchev–Trinajstić information content (AvgIpc) is 3.98. The number of hydrogen-bond donors (Lipinski definition) is 0. The molecule has 0 N–H and O–H groups in total. The molecule has 59 heavy (non-hydrogen) atoms. The Balaban J connectivity index is 1.05. The molecule has 0 radical (unpaired) electrons. The van der Waals surface area contributed by atoms with Gasteiger partial charge in [0, 0.05) is 43.9 Å². The standard InChI is InChI=1S/C53H33N5S/c1-5-15-34(16-6-1)44-32-45(35-17-7-2-8-18-35)56-53(55-44)58-47-24-14-13-23-40(47)41-29-37(26-28-49(41)58)38-25-27-48-42(30-38)43-31-51-46(54-52(59-51)36-19-9-3-10-20-36)33-50(43)57(48)39-21-11-4-12-22-39/h1-33H. The molecule has 8 aromatic carbocycles. The average molecular weight is 772 g/mol. The third-order valence-corrected chi connectivity index (χ3v) is 12.4. The molecule has 6 heteroatoms. The summed E-state index contributed by atoms with van der Waals surface area (Å²) < 4.78 is 5.77. The van der Waals surface area contributed by atoms with Gasteiger partial charge in [0.05, 0.1) is 43.7 Å². The molecule has 0 atom stereocenters. The number of benzene rings is 8. The number of para-hydroxylation sites is 2. The molecule has 0 fully saturated rings. The minimum Gasteiger partial charge on any atom is -0.309 e. The number of hydrogen-bond acceptors (Lipinski definition) is 4. The van der Waals surface area contributed by atoms with Crippen LogP contribution in [0.25, 0.3) is 110 Å². The van der Waals surface area contributed by atoms with Crippen molar-refractivity contribution in [3.63, 3.8) is 0 Å². The van der Waals surface area contributed by atoms with Crippen LogP contribution in [0.15, 0.2) is 200 Å². The zero-order valence-electron chi connectivity index (χ0n) is 31.7. The van der Waals surface area contributed by atoms with Gasteiger partial charge in [-0.3, -0.25) is 4.57 Å². The van der Waals surface area contributed by atoms with E-state index in [0.717, 1.165) is 82.7 Å². The van der Waals surface area contributed by atoms with Gasteiger partial charge in [0.1, 0.15) is 5.01 Å².